The summed E-state index contributed by atoms with van der Waals surface area (Å²) < 4.78 is 22.3. The van der Waals surface area contributed by atoms with E-state index in [4.69, 9.17) is 14.2 Å². The van der Waals surface area contributed by atoms with Gasteiger partial charge < -0.3 is 39.8 Å². The van der Waals surface area contributed by atoms with Gasteiger partial charge in [0.2, 0.25) is 17.7 Å². The van der Waals surface area contributed by atoms with Crippen molar-refractivity contribution < 1.29 is 47.7 Å². The van der Waals surface area contributed by atoms with Crippen molar-refractivity contribution >= 4 is 52.8 Å². The Labute approximate surface area is 348 Å². The Morgan fingerprint density at radius 1 is 0.750 bits per heavy atom. The van der Waals surface area contributed by atoms with Crippen molar-refractivity contribution in [2.75, 3.05) is 35.9 Å². The van der Waals surface area contributed by atoms with Crippen molar-refractivity contribution in [3.8, 4) is 11.5 Å². The molecular formula is C45H49N5O10. The Balaban J connectivity index is 1.08. The van der Waals surface area contributed by atoms with Crippen molar-refractivity contribution in [1.29, 1.82) is 0 Å². The number of carbonyl (C=O) groups is 6. The second-order valence-electron chi connectivity index (χ2n) is 14.6. The number of amides is 5. The van der Waals surface area contributed by atoms with E-state index >= 15 is 0 Å². The van der Waals surface area contributed by atoms with Gasteiger partial charge in [0.05, 0.1) is 38.1 Å². The minimum Gasteiger partial charge on any atom is -0.493 e. The normalized spacial score (nSPS) is 14.9. The molecule has 0 aromatic heterocycles. The fraction of sp³-hybridized carbons (Fsp3) is 0.333. The standard InChI is InChI=1S/C45H49N5O10/c1-28(46-40(51)16-10-11-17-41(52)58-4)42(53)47-29(2)43(54)48-33-20-18-31(19-21-33)27-60-45(56)49-25-34-22-32-14-8-9-15-36(32)50(34)44(55)35-23-38(57-3)39(24-37(35)49)59-26-30-12-6-5-7-13-30/h5-9,12-15,18-21,23-24,28-29,34H,10-11,16-17,22,25-27H2,1-4H3,(H,46,51)(H,47,53)(H,48,54)/t28-,29-,34-/m0/s1. The summed E-state index contributed by atoms with van der Waals surface area (Å²) in [6.45, 7) is 3.34. The van der Waals surface area contributed by atoms with E-state index in [1.807, 2.05) is 54.6 Å². The first-order valence-corrected chi connectivity index (χ1v) is 19.8. The molecule has 0 bridgehead atoms. The van der Waals surface area contributed by atoms with Crippen LogP contribution in [-0.4, -0.2) is 74.6 Å². The number of anilines is 3. The van der Waals surface area contributed by atoms with Crippen molar-refractivity contribution in [1.82, 2.24) is 10.6 Å². The lowest BCUT2D eigenvalue weighted by Gasteiger charge is -2.26. The average Bonchev–Trinajstić information content (AvgIpc) is 3.58. The quantitative estimate of drug-likeness (QED) is 0.0940. The molecule has 0 unspecified atom stereocenters. The second-order valence-corrected chi connectivity index (χ2v) is 14.6. The van der Waals surface area contributed by atoms with Gasteiger partial charge in [0, 0.05) is 30.3 Å². The molecule has 314 valence electrons. The van der Waals surface area contributed by atoms with E-state index < -0.39 is 30.0 Å². The number of esters is 1. The molecular weight excluding hydrogens is 771 g/mol. The Morgan fingerprint density at radius 3 is 2.17 bits per heavy atom. The molecule has 2 aliphatic heterocycles. The smallest absolute Gasteiger partial charge is 0.414 e. The summed E-state index contributed by atoms with van der Waals surface area (Å²) >= 11 is 0. The van der Waals surface area contributed by atoms with E-state index in [9.17, 15) is 28.8 Å². The molecule has 5 amide bonds. The molecule has 15 heteroatoms. The van der Waals surface area contributed by atoms with Crippen LogP contribution in [0.2, 0.25) is 0 Å². The van der Waals surface area contributed by atoms with E-state index in [0.29, 0.717) is 47.7 Å². The number of nitrogens with zero attached hydrogens (tertiary/aromatic N) is 2. The van der Waals surface area contributed by atoms with Gasteiger partial charge >= 0.3 is 12.1 Å². The molecule has 2 aliphatic rings. The van der Waals surface area contributed by atoms with Gasteiger partial charge in [0.1, 0.15) is 25.3 Å². The SMILES string of the molecule is COC(=O)CCCCC(=O)N[C@@H](C)C(=O)N[C@@H](C)C(=O)Nc1ccc(COC(=O)N2C[C@@H]3Cc4ccccc4N3C(=O)c3cc(OC)c(OCc4ccccc4)cc32)cc1. The average molecular weight is 820 g/mol. The Morgan fingerprint density at radius 2 is 1.43 bits per heavy atom. The van der Waals surface area contributed by atoms with Gasteiger partial charge in [-0.2, -0.15) is 0 Å². The first kappa shape index (κ1) is 42.7. The third kappa shape index (κ3) is 10.4. The molecule has 3 N–H and O–H groups in total. The summed E-state index contributed by atoms with van der Waals surface area (Å²) in [5.41, 5.74) is 4.42. The number of benzene rings is 4. The molecule has 0 aliphatic carbocycles. The van der Waals surface area contributed by atoms with Crippen molar-refractivity contribution in [2.24, 2.45) is 0 Å². The van der Waals surface area contributed by atoms with Crippen LogP contribution < -0.4 is 35.2 Å². The van der Waals surface area contributed by atoms with E-state index in [0.717, 1.165) is 16.8 Å². The van der Waals surface area contributed by atoms with Crippen LogP contribution in [0.1, 0.15) is 66.6 Å². The van der Waals surface area contributed by atoms with Gasteiger partial charge in [-0.15, -0.1) is 0 Å². The number of carbonyl (C=O) groups excluding carboxylic acids is 6. The lowest BCUT2D eigenvalue weighted by atomic mass is 10.1. The first-order chi connectivity index (χ1) is 28.9. The number of methoxy groups -OCH3 is 2. The van der Waals surface area contributed by atoms with Crippen LogP contribution in [-0.2, 0) is 48.3 Å². The Kier molecular flexibility index (Phi) is 14.0. The maximum absolute atomic E-state index is 14.3. The number of hydrogen-bond acceptors (Lipinski definition) is 10. The van der Waals surface area contributed by atoms with Crippen LogP contribution in [0.5, 0.6) is 11.5 Å². The van der Waals surface area contributed by atoms with E-state index in [1.165, 1.54) is 33.0 Å². The monoisotopic (exact) mass is 819 g/mol. The lowest BCUT2D eigenvalue weighted by molar-refractivity contribution is -0.140. The molecule has 60 heavy (non-hydrogen) atoms. The molecule has 0 radical (unpaired) electrons. The zero-order chi connectivity index (χ0) is 42.8. The molecule has 0 saturated carbocycles. The summed E-state index contributed by atoms with van der Waals surface area (Å²) in [5.74, 6) is -1.27. The zero-order valence-corrected chi connectivity index (χ0v) is 34.0. The summed E-state index contributed by atoms with van der Waals surface area (Å²) in [4.78, 5) is 80.6. The van der Waals surface area contributed by atoms with Crippen LogP contribution >= 0.6 is 0 Å². The van der Waals surface area contributed by atoms with E-state index in [-0.39, 0.29) is 62.0 Å². The predicted molar refractivity (Wildman–Crippen MR) is 223 cm³/mol. The number of rotatable bonds is 16. The highest BCUT2D eigenvalue weighted by molar-refractivity contribution is 6.14. The number of ether oxygens (including phenoxy) is 4. The molecule has 3 atom stereocenters. The molecule has 0 fully saturated rings. The van der Waals surface area contributed by atoms with Crippen LogP contribution in [0.25, 0.3) is 0 Å². The Bertz CT molecular complexity index is 2210. The first-order valence-electron chi connectivity index (χ1n) is 19.8. The number of para-hydroxylation sites is 1. The largest absolute Gasteiger partial charge is 0.493 e. The van der Waals surface area contributed by atoms with Crippen LogP contribution in [0, 0.1) is 0 Å². The van der Waals surface area contributed by atoms with Gasteiger partial charge in [-0.3, -0.25) is 28.9 Å². The molecule has 0 spiro atoms. The number of nitrogens with one attached hydrogen (secondary N) is 3. The van der Waals surface area contributed by atoms with Crippen LogP contribution in [0.15, 0.2) is 91.0 Å². The molecule has 15 nitrogen and oxygen atoms in total. The fourth-order valence-corrected chi connectivity index (χ4v) is 7.04. The predicted octanol–water partition coefficient (Wildman–Crippen LogP) is 5.68. The molecule has 4 aromatic rings. The number of unbranched alkanes of at least 4 members (excludes halogenated alkanes) is 1. The second kappa shape index (κ2) is 19.7. The van der Waals surface area contributed by atoms with Crippen LogP contribution in [0.4, 0.5) is 21.9 Å². The summed E-state index contributed by atoms with van der Waals surface area (Å²) in [6.07, 6.45) is 1.19. The van der Waals surface area contributed by atoms with Gasteiger partial charge in [-0.05, 0) is 74.1 Å². The third-order valence-electron chi connectivity index (χ3n) is 10.3. The lowest BCUT2D eigenvalue weighted by Crippen LogP contribution is -2.50. The number of fused-ring (bicyclic) bond motifs is 4. The van der Waals surface area contributed by atoms with Crippen molar-refractivity contribution in [3.63, 3.8) is 0 Å². The highest BCUT2D eigenvalue weighted by atomic mass is 16.6. The topological polar surface area (TPSA) is 182 Å². The maximum Gasteiger partial charge on any atom is 0.414 e. The van der Waals surface area contributed by atoms with E-state index in [1.54, 1.807) is 41.3 Å². The van der Waals surface area contributed by atoms with Gasteiger partial charge in [0.15, 0.2) is 11.5 Å². The van der Waals surface area contributed by atoms with Crippen LogP contribution in [0.3, 0.4) is 0 Å². The Hall–Kier alpha value is -6.90. The summed E-state index contributed by atoms with van der Waals surface area (Å²) in [6, 6.07) is 25.1. The van der Waals surface area contributed by atoms with E-state index in [2.05, 4.69) is 20.7 Å². The molecule has 6 rings (SSSR count). The molecule has 2 heterocycles. The minimum absolute atomic E-state index is 0.101. The van der Waals surface area contributed by atoms with Gasteiger partial charge in [0.25, 0.3) is 5.91 Å². The molecule has 4 aromatic carbocycles. The maximum atomic E-state index is 14.3. The molecule has 0 saturated heterocycles. The highest BCUT2D eigenvalue weighted by Crippen LogP contribution is 2.43. The van der Waals surface area contributed by atoms with Gasteiger partial charge in [-0.25, -0.2) is 4.79 Å². The van der Waals surface area contributed by atoms with Crippen molar-refractivity contribution in [3.05, 3.63) is 113 Å². The third-order valence-corrected chi connectivity index (χ3v) is 10.3. The summed E-state index contributed by atoms with van der Waals surface area (Å²) in [7, 11) is 2.80. The van der Waals surface area contributed by atoms with Gasteiger partial charge in [-0.1, -0.05) is 60.7 Å². The zero-order valence-electron chi connectivity index (χ0n) is 34.0. The minimum atomic E-state index is -0.922. The summed E-state index contributed by atoms with van der Waals surface area (Å²) in [5, 5.41) is 7.95. The van der Waals surface area contributed by atoms with Crippen molar-refractivity contribution in [2.45, 2.75) is 77.3 Å². The fourth-order valence-electron chi connectivity index (χ4n) is 7.04. The number of hydrogen-bond donors (Lipinski definition) is 3. The highest BCUT2D eigenvalue weighted by Gasteiger charge is 2.42.